The summed E-state index contributed by atoms with van der Waals surface area (Å²) >= 11 is 5.92. The molecule has 0 bridgehead atoms. The fourth-order valence-corrected chi connectivity index (χ4v) is 2.80. The minimum atomic E-state index is -0.266. The normalized spacial score (nSPS) is 12.2. The first-order chi connectivity index (χ1) is 11.4. The molecule has 0 fully saturated rings. The first-order valence-corrected chi connectivity index (χ1v) is 8.29. The zero-order valence-corrected chi connectivity index (χ0v) is 14.8. The average molecular weight is 349 g/mol. The van der Waals surface area contributed by atoms with E-state index in [2.05, 4.69) is 24.5 Å². The SMILES string of the molecule is Cc1cc(Cl)ccc1NC(=O)CN[C@H](c1ccc(F)cc1)C(C)C. The molecule has 3 nitrogen and oxygen atoms in total. The molecule has 1 amide bonds. The number of aryl methyl sites for hydroxylation is 1. The van der Waals surface area contributed by atoms with E-state index in [1.165, 1.54) is 12.1 Å². The van der Waals surface area contributed by atoms with E-state index in [9.17, 15) is 9.18 Å². The van der Waals surface area contributed by atoms with Crippen molar-refractivity contribution in [3.8, 4) is 0 Å². The third-order valence-corrected chi connectivity index (χ3v) is 4.08. The Balaban J connectivity index is 1.98. The van der Waals surface area contributed by atoms with Crippen LogP contribution in [-0.2, 0) is 4.79 Å². The van der Waals surface area contributed by atoms with Crippen LogP contribution in [0.1, 0.15) is 31.0 Å². The number of amides is 1. The zero-order chi connectivity index (χ0) is 17.7. The van der Waals surface area contributed by atoms with Crippen LogP contribution in [0, 0.1) is 18.7 Å². The highest BCUT2D eigenvalue weighted by atomic mass is 35.5. The Morgan fingerprint density at radius 2 is 1.83 bits per heavy atom. The van der Waals surface area contributed by atoms with Gasteiger partial charge in [-0.15, -0.1) is 0 Å². The molecule has 0 saturated heterocycles. The number of carbonyl (C=O) groups excluding carboxylic acids is 1. The van der Waals surface area contributed by atoms with Crippen LogP contribution in [0.15, 0.2) is 42.5 Å². The second-order valence-electron chi connectivity index (χ2n) is 6.16. The molecule has 128 valence electrons. The number of hydrogen-bond donors (Lipinski definition) is 2. The summed E-state index contributed by atoms with van der Waals surface area (Å²) in [6.07, 6.45) is 0. The van der Waals surface area contributed by atoms with Crippen LogP contribution in [0.3, 0.4) is 0 Å². The van der Waals surface area contributed by atoms with Crippen molar-refractivity contribution in [2.24, 2.45) is 5.92 Å². The number of carbonyl (C=O) groups is 1. The molecule has 5 heteroatoms. The maximum atomic E-state index is 13.1. The lowest BCUT2D eigenvalue weighted by atomic mass is 9.96. The Labute approximate surface area is 147 Å². The number of nitrogens with one attached hydrogen (secondary N) is 2. The number of benzene rings is 2. The smallest absolute Gasteiger partial charge is 0.238 e. The first kappa shape index (κ1) is 18.4. The van der Waals surface area contributed by atoms with Crippen molar-refractivity contribution in [2.75, 3.05) is 11.9 Å². The minimum Gasteiger partial charge on any atom is -0.325 e. The molecule has 0 saturated carbocycles. The molecule has 0 radical (unpaired) electrons. The van der Waals surface area contributed by atoms with Gasteiger partial charge in [-0.1, -0.05) is 37.6 Å². The average Bonchev–Trinajstić information content (AvgIpc) is 2.52. The molecule has 24 heavy (non-hydrogen) atoms. The van der Waals surface area contributed by atoms with E-state index >= 15 is 0 Å². The van der Waals surface area contributed by atoms with Crippen molar-refractivity contribution in [1.29, 1.82) is 0 Å². The molecule has 0 aliphatic rings. The van der Waals surface area contributed by atoms with Crippen molar-refractivity contribution in [3.05, 3.63) is 64.4 Å². The van der Waals surface area contributed by atoms with E-state index < -0.39 is 0 Å². The molecule has 0 aromatic heterocycles. The number of halogens is 2. The van der Waals surface area contributed by atoms with Crippen LogP contribution in [0.4, 0.5) is 10.1 Å². The Bertz CT molecular complexity index is 701. The van der Waals surface area contributed by atoms with Crippen molar-refractivity contribution < 1.29 is 9.18 Å². The monoisotopic (exact) mass is 348 g/mol. The quantitative estimate of drug-likeness (QED) is 0.793. The van der Waals surface area contributed by atoms with Gasteiger partial charge in [-0.25, -0.2) is 4.39 Å². The van der Waals surface area contributed by atoms with Crippen LogP contribution >= 0.6 is 11.6 Å². The largest absolute Gasteiger partial charge is 0.325 e. The van der Waals surface area contributed by atoms with Gasteiger partial charge in [0.25, 0.3) is 0 Å². The van der Waals surface area contributed by atoms with E-state index in [1.54, 1.807) is 30.3 Å². The topological polar surface area (TPSA) is 41.1 Å². The number of hydrogen-bond acceptors (Lipinski definition) is 2. The second kappa shape index (κ2) is 8.27. The molecule has 2 N–H and O–H groups in total. The summed E-state index contributed by atoms with van der Waals surface area (Å²) < 4.78 is 13.1. The van der Waals surface area contributed by atoms with Crippen LogP contribution in [0.5, 0.6) is 0 Å². The van der Waals surface area contributed by atoms with Crippen molar-refractivity contribution in [3.63, 3.8) is 0 Å². The third-order valence-electron chi connectivity index (χ3n) is 3.84. The van der Waals surface area contributed by atoms with E-state index in [0.717, 1.165) is 16.8 Å². The summed E-state index contributed by atoms with van der Waals surface area (Å²) in [6, 6.07) is 11.7. The molecule has 2 aromatic carbocycles. The van der Waals surface area contributed by atoms with Gasteiger partial charge in [0.2, 0.25) is 5.91 Å². The van der Waals surface area contributed by atoms with Gasteiger partial charge in [0.05, 0.1) is 6.54 Å². The van der Waals surface area contributed by atoms with Gasteiger partial charge in [-0.2, -0.15) is 0 Å². The van der Waals surface area contributed by atoms with E-state index in [0.29, 0.717) is 5.02 Å². The predicted octanol–water partition coefficient (Wildman–Crippen LogP) is 4.71. The molecule has 2 aromatic rings. The molecular weight excluding hydrogens is 327 g/mol. The summed E-state index contributed by atoms with van der Waals surface area (Å²) in [7, 11) is 0. The fraction of sp³-hybridized carbons (Fsp3) is 0.316. The van der Waals surface area contributed by atoms with Gasteiger partial charge in [0.1, 0.15) is 5.82 Å². The molecular formula is C19H22ClFN2O. The van der Waals surface area contributed by atoms with Gasteiger partial charge in [-0.05, 0) is 54.3 Å². The van der Waals surface area contributed by atoms with Gasteiger partial charge >= 0.3 is 0 Å². The van der Waals surface area contributed by atoms with Crippen LogP contribution in [0.25, 0.3) is 0 Å². The lowest BCUT2D eigenvalue weighted by Gasteiger charge is -2.23. The Hall–Kier alpha value is -1.91. The van der Waals surface area contributed by atoms with Crippen molar-refractivity contribution in [1.82, 2.24) is 5.32 Å². The van der Waals surface area contributed by atoms with Gasteiger partial charge in [0, 0.05) is 16.8 Å². The molecule has 0 aliphatic carbocycles. The Morgan fingerprint density at radius 1 is 1.17 bits per heavy atom. The molecule has 1 atom stereocenters. The standard InChI is InChI=1S/C19H22ClFN2O/c1-12(2)19(14-4-7-16(21)8-5-14)22-11-18(24)23-17-9-6-15(20)10-13(17)3/h4-10,12,19,22H,11H2,1-3H3,(H,23,24)/t19-/m0/s1. The van der Waals surface area contributed by atoms with Crippen LogP contribution < -0.4 is 10.6 Å². The first-order valence-electron chi connectivity index (χ1n) is 7.91. The fourth-order valence-electron chi connectivity index (χ4n) is 2.57. The molecule has 0 unspecified atom stereocenters. The van der Waals surface area contributed by atoms with Gasteiger partial charge in [0.15, 0.2) is 0 Å². The second-order valence-corrected chi connectivity index (χ2v) is 6.60. The summed E-state index contributed by atoms with van der Waals surface area (Å²) in [5, 5.41) is 6.76. The van der Waals surface area contributed by atoms with Crippen LogP contribution in [-0.4, -0.2) is 12.5 Å². The molecule has 2 rings (SSSR count). The maximum absolute atomic E-state index is 13.1. The lowest BCUT2D eigenvalue weighted by molar-refractivity contribution is -0.115. The third kappa shape index (κ3) is 5.05. The van der Waals surface area contributed by atoms with Crippen LogP contribution in [0.2, 0.25) is 5.02 Å². The van der Waals surface area contributed by atoms with E-state index in [1.807, 2.05) is 6.92 Å². The van der Waals surface area contributed by atoms with Gasteiger partial charge in [-0.3, -0.25) is 4.79 Å². The Kier molecular flexibility index (Phi) is 6.35. The summed E-state index contributed by atoms with van der Waals surface area (Å²) in [6.45, 7) is 6.18. The van der Waals surface area contributed by atoms with Crippen molar-refractivity contribution in [2.45, 2.75) is 26.8 Å². The molecule has 0 heterocycles. The highest BCUT2D eigenvalue weighted by Gasteiger charge is 2.17. The number of anilines is 1. The van der Waals surface area contributed by atoms with Crippen molar-refractivity contribution >= 4 is 23.2 Å². The summed E-state index contributed by atoms with van der Waals surface area (Å²) in [5.41, 5.74) is 2.62. The predicted molar refractivity (Wildman–Crippen MR) is 96.8 cm³/mol. The number of rotatable bonds is 6. The van der Waals surface area contributed by atoms with E-state index in [4.69, 9.17) is 11.6 Å². The molecule has 0 spiro atoms. The van der Waals surface area contributed by atoms with Gasteiger partial charge < -0.3 is 10.6 Å². The highest BCUT2D eigenvalue weighted by molar-refractivity contribution is 6.30. The lowest BCUT2D eigenvalue weighted by Crippen LogP contribution is -2.33. The zero-order valence-electron chi connectivity index (χ0n) is 14.1. The highest BCUT2D eigenvalue weighted by Crippen LogP contribution is 2.22. The maximum Gasteiger partial charge on any atom is 0.238 e. The minimum absolute atomic E-state index is 0.0253. The summed E-state index contributed by atoms with van der Waals surface area (Å²) in [4.78, 5) is 12.2. The molecule has 0 aliphatic heterocycles. The Morgan fingerprint density at radius 3 is 2.42 bits per heavy atom. The van der Waals surface area contributed by atoms with E-state index in [-0.39, 0.29) is 30.2 Å². The summed E-state index contributed by atoms with van der Waals surface area (Å²) in [5.74, 6) is -0.133.